The molecule has 5 aromatic heterocycles. The van der Waals surface area contributed by atoms with Crippen LogP contribution in [0.25, 0.3) is 246 Å². The maximum absolute atomic E-state index is 5.01. The van der Waals surface area contributed by atoms with Gasteiger partial charge in [0.05, 0.1) is 34.2 Å². The summed E-state index contributed by atoms with van der Waals surface area (Å²) in [5, 5.41) is 0. The first-order chi connectivity index (χ1) is 70.0. The minimum atomic E-state index is 0.828. The Labute approximate surface area is 829 Å². The van der Waals surface area contributed by atoms with E-state index in [0.717, 1.165) is 246 Å². The minimum absolute atomic E-state index is 0.828. The van der Waals surface area contributed by atoms with Crippen LogP contribution in [0.5, 0.6) is 0 Å². The van der Waals surface area contributed by atoms with Crippen LogP contribution in [0.2, 0.25) is 0 Å². The second kappa shape index (κ2) is 39.0. The van der Waals surface area contributed by atoms with Crippen molar-refractivity contribution in [2.24, 2.45) is 0 Å². The van der Waals surface area contributed by atoms with Gasteiger partial charge in [0, 0.05) is 80.4 Å². The van der Waals surface area contributed by atoms with Crippen LogP contribution >= 0.6 is 0 Å². The second-order valence-corrected chi connectivity index (χ2v) is 36.6. The zero-order valence-corrected chi connectivity index (χ0v) is 79.2. The summed E-state index contributed by atoms with van der Waals surface area (Å²) in [6.45, 7) is 8.68. The monoisotopic (exact) mass is 1810 g/mol. The van der Waals surface area contributed by atoms with Crippen LogP contribution < -0.4 is 0 Å². The number of nitrogens with zero attached hydrogens (tertiary/aromatic N) is 6. The molecule has 6 nitrogen and oxygen atoms in total. The van der Waals surface area contributed by atoms with Crippen LogP contribution in [0.4, 0.5) is 0 Å². The van der Waals surface area contributed by atoms with Gasteiger partial charge in [0.25, 0.3) is 0 Å². The molecular formula is C136H96N6. The summed E-state index contributed by atoms with van der Waals surface area (Å²) >= 11 is 0. The van der Waals surface area contributed by atoms with E-state index < -0.39 is 0 Å². The number of hydrogen-bond acceptors (Lipinski definition) is 6. The van der Waals surface area contributed by atoms with Crippen molar-refractivity contribution < 1.29 is 0 Å². The van der Waals surface area contributed by atoms with Gasteiger partial charge >= 0.3 is 0 Å². The number of rotatable bonds is 22. The van der Waals surface area contributed by atoms with E-state index in [1.165, 1.54) is 22.3 Å². The fourth-order valence-corrected chi connectivity index (χ4v) is 20.2. The van der Waals surface area contributed by atoms with Crippen molar-refractivity contribution in [2.45, 2.75) is 27.7 Å². The van der Waals surface area contributed by atoms with Gasteiger partial charge in [-0.25, -0.2) is 9.97 Å². The molecule has 0 aliphatic rings. The highest BCUT2D eigenvalue weighted by atomic mass is 14.8. The molecule has 0 atom stereocenters. The number of aryl methyl sites for hydroxylation is 4. The Kier molecular flexibility index (Phi) is 24.1. The fraction of sp³-hybridized carbons (Fsp3) is 0.0294. The Hall–Kier alpha value is -18.4. The third kappa shape index (κ3) is 18.0. The molecule has 0 spiro atoms. The van der Waals surface area contributed by atoms with E-state index in [9.17, 15) is 0 Å². The molecule has 0 saturated heterocycles. The van der Waals surface area contributed by atoms with Crippen molar-refractivity contribution in [1.82, 2.24) is 29.9 Å². The fourth-order valence-electron chi connectivity index (χ4n) is 20.2. The van der Waals surface area contributed by atoms with Gasteiger partial charge in [-0.1, -0.05) is 413 Å². The first-order valence-electron chi connectivity index (χ1n) is 48.4. The second-order valence-electron chi connectivity index (χ2n) is 36.6. The van der Waals surface area contributed by atoms with E-state index in [1.54, 1.807) is 6.33 Å². The lowest BCUT2D eigenvalue weighted by atomic mass is 9.86. The zero-order valence-electron chi connectivity index (χ0n) is 79.2. The quantitative estimate of drug-likeness (QED) is 0.0673. The van der Waals surface area contributed by atoms with Crippen molar-refractivity contribution in [3.63, 3.8) is 0 Å². The maximum Gasteiger partial charge on any atom is 0.116 e. The average Bonchev–Trinajstić information content (AvgIpc) is 0.756. The van der Waals surface area contributed by atoms with E-state index >= 15 is 0 Å². The van der Waals surface area contributed by atoms with Gasteiger partial charge in [-0.3, -0.25) is 19.9 Å². The van der Waals surface area contributed by atoms with E-state index in [0.29, 0.717) is 0 Å². The molecule has 0 fully saturated rings. The van der Waals surface area contributed by atoms with E-state index in [1.807, 2.05) is 24.8 Å². The van der Waals surface area contributed by atoms with Crippen LogP contribution in [0.3, 0.4) is 0 Å². The van der Waals surface area contributed by atoms with E-state index in [4.69, 9.17) is 29.9 Å². The molecule has 6 heteroatoms. The number of aromatic nitrogens is 6. The Balaban J connectivity index is 0.559. The van der Waals surface area contributed by atoms with Gasteiger partial charge in [-0.2, -0.15) is 0 Å². The molecule has 0 bridgehead atoms. The first kappa shape index (κ1) is 87.7. The summed E-state index contributed by atoms with van der Waals surface area (Å²) in [4.78, 5) is 29.9. The molecule has 23 rings (SSSR count). The van der Waals surface area contributed by atoms with Gasteiger partial charge in [0.2, 0.25) is 0 Å². The maximum atomic E-state index is 5.01. The van der Waals surface area contributed by atoms with Crippen molar-refractivity contribution in [2.75, 3.05) is 0 Å². The lowest BCUT2D eigenvalue weighted by Crippen LogP contribution is -1.93. The van der Waals surface area contributed by atoms with Crippen LogP contribution in [0.15, 0.2) is 510 Å². The smallest absolute Gasteiger partial charge is 0.116 e. The molecule has 23 aromatic rings. The topological polar surface area (TPSA) is 77.3 Å². The average molecular weight is 1810 g/mol. The van der Waals surface area contributed by atoms with Crippen LogP contribution in [0, 0.1) is 27.7 Å². The molecule has 0 unspecified atom stereocenters. The van der Waals surface area contributed by atoms with Crippen LogP contribution in [-0.4, -0.2) is 29.9 Å². The summed E-state index contributed by atoms with van der Waals surface area (Å²) in [7, 11) is 0. The van der Waals surface area contributed by atoms with Crippen LogP contribution in [0.1, 0.15) is 22.3 Å². The van der Waals surface area contributed by atoms with Crippen molar-refractivity contribution in [3.05, 3.63) is 533 Å². The molecule has 0 aliphatic carbocycles. The summed E-state index contributed by atoms with van der Waals surface area (Å²) in [6, 6.07) is 173. The van der Waals surface area contributed by atoms with Gasteiger partial charge in [0.1, 0.15) is 6.33 Å². The van der Waals surface area contributed by atoms with E-state index in [2.05, 4.69) is 507 Å². The number of benzene rings is 18. The molecular weight excluding hydrogens is 1720 g/mol. The molecule has 0 aliphatic heterocycles. The van der Waals surface area contributed by atoms with Gasteiger partial charge in [-0.15, -0.1) is 0 Å². The Bertz CT molecular complexity index is 7710. The number of pyridine rings is 4. The lowest BCUT2D eigenvalue weighted by Gasteiger charge is -2.18. The molecule has 5 heterocycles. The first-order valence-corrected chi connectivity index (χ1v) is 48.4. The molecule has 0 radical (unpaired) electrons. The molecule has 0 saturated carbocycles. The standard InChI is InChI=1S/C136H96N6/c1-89-73-131(137-84-127(89)93-29-9-5-10-30-93)103-61-49-97(50-62-103)115-37-17-23-43-121(115)109-77-110(122-44-24-18-38-116(122)98-51-63-104(64-52-98)132-74-90(2)128(85-138-132)94-31-11-6-12-32-94)80-113(79-109)125-47-27-21-41-119(125)101-57-69-107(70-58-101)135-83-136(142-88-141-135)108-71-59-102(60-72-108)120-42-22-28-48-126(120)114-81-111(123-45-25-19-39-117(123)99-53-65-105(66-54-99)133-75-91(3)129(86-139-133)95-33-13-7-14-34-95)78-112(82-114)124-46-26-20-40-118(124)100-55-67-106(68-56-100)134-76-92(4)130(87-140-134)96-35-15-8-16-36-96/h5-88H,1-4H3. The Morgan fingerprint density at radius 3 is 0.401 bits per heavy atom. The third-order valence-electron chi connectivity index (χ3n) is 27.7. The van der Waals surface area contributed by atoms with Crippen LogP contribution in [-0.2, 0) is 0 Å². The molecule has 142 heavy (non-hydrogen) atoms. The Morgan fingerprint density at radius 1 is 0.106 bits per heavy atom. The summed E-state index contributed by atoms with van der Waals surface area (Å²) in [5.74, 6) is 0. The van der Waals surface area contributed by atoms with Gasteiger partial charge < -0.3 is 0 Å². The molecule has 18 aromatic carbocycles. The van der Waals surface area contributed by atoms with Gasteiger partial charge in [0.15, 0.2) is 0 Å². The highest BCUT2D eigenvalue weighted by Crippen LogP contribution is 2.48. The summed E-state index contributed by atoms with van der Waals surface area (Å²) in [5.41, 5.74) is 52.3. The normalized spacial score (nSPS) is 11.2. The lowest BCUT2D eigenvalue weighted by molar-refractivity contribution is 1.18. The predicted molar refractivity (Wildman–Crippen MR) is 592 cm³/mol. The Morgan fingerprint density at radius 2 is 0.239 bits per heavy atom. The van der Waals surface area contributed by atoms with Crippen molar-refractivity contribution in [1.29, 1.82) is 0 Å². The van der Waals surface area contributed by atoms with Gasteiger partial charge in [-0.05, 0) is 272 Å². The van der Waals surface area contributed by atoms with Crippen molar-refractivity contribution in [3.8, 4) is 246 Å². The highest BCUT2D eigenvalue weighted by Gasteiger charge is 2.23. The van der Waals surface area contributed by atoms with Crippen molar-refractivity contribution >= 4 is 0 Å². The summed E-state index contributed by atoms with van der Waals surface area (Å²) < 4.78 is 0. The molecule has 0 amide bonds. The predicted octanol–water partition coefficient (Wildman–Crippen LogP) is 36.0. The largest absolute Gasteiger partial charge is 0.256 e. The number of hydrogen-bond donors (Lipinski definition) is 0. The molecule has 670 valence electrons. The van der Waals surface area contributed by atoms with E-state index in [-0.39, 0.29) is 0 Å². The zero-order chi connectivity index (χ0) is 95.4. The SMILES string of the molecule is Cc1cc(-c2ccc(-c3ccccc3-c3cc(-c4ccccc4-c4ccc(-c5cc(-c6ccc(-c7ccccc7-c7cc(-c8ccccc8-c8ccc(-c9cc(C)c(-c%10ccccc%10)cn9)cc8)cc(-c8ccccc8-c8ccc(-c9cc(C)c(-c%10ccccc%10)cn9)cc8)c7)cc6)ncn5)cc4)cc(-c4ccccc4-c4ccc(-c5cc(C)c(-c6ccccc6)cn5)cc4)c3)cc2)ncc1-c1ccccc1. The minimum Gasteiger partial charge on any atom is -0.256 e. The summed E-state index contributed by atoms with van der Waals surface area (Å²) in [6.07, 6.45) is 9.71. The molecule has 0 N–H and O–H groups in total. The third-order valence-corrected chi connectivity index (χ3v) is 27.7. The highest BCUT2D eigenvalue weighted by molar-refractivity contribution is 5.98.